The van der Waals surface area contributed by atoms with E-state index in [4.69, 9.17) is 11.6 Å². The molecule has 0 N–H and O–H groups in total. The second-order valence-corrected chi connectivity index (χ2v) is 4.84. The highest BCUT2D eigenvalue weighted by Gasteiger charge is 2.29. The molecule has 1 atom stereocenters. The molecule has 1 fully saturated rings. The molecule has 0 aliphatic heterocycles. The first-order valence-electron chi connectivity index (χ1n) is 5.52. The van der Waals surface area contributed by atoms with E-state index in [1.807, 2.05) is 0 Å². The van der Waals surface area contributed by atoms with E-state index < -0.39 is 0 Å². The Balaban J connectivity index is 2.44. The van der Waals surface area contributed by atoms with Crippen LogP contribution in [0.5, 0.6) is 0 Å². The van der Waals surface area contributed by atoms with Gasteiger partial charge in [0.05, 0.1) is 5.02 Å². The maximum Gasteiger partial charge on any atom is 0.0620 e. The maximum atomic E-state index is 6.27. The van der Waals surface area contributed by atoms with Crippen LogP contribution in [0.1, 0.15) is 56.5 Å². The molecule has 0 bridgehead atoms. The van der Waals surface area contributed by atoms with Crippen molar-refractivity contribution in [3.63, 3.8) is 0 Å². The van der Waals surface area contributed by atoms with Crippen LogP contribution in [0, 0.1) is 6.92 Å². The van der Waals surface area contributed by atoms with Gasteiger partial charge in [-0.15, -0.1) is 0 Å². The van der Waals surface area contributed by atoms with E-state index in [0.29, 0.717) is 5.92 Å². The highest BCUT2D eigenvalue weighted by molar-refractivity contribution is 6.31. The van der Waals surface area contributed by atoms with Gasteiger partial charge in [-0.3, -0.25) is 0 Å². The fourth-order valence-corrected chi connectivity index (χ4v) is 2.55. The average Bonchev–Trinajstić information content (AvgIpc) is 2.91. The molecule has 1 aromatic heterocycles. The van der Waals surface area contributed by atoms with Crippen LogP contribution in [-0.4, -0.2) is 4.57 Å². The Bertz CT molecular complexity index is 336. The molecule has 0 aromatic carbocycles. The minimum Gasteiger partial charge on any atom is -0.344 e. The predicted octanol–water partition coefficient (Wildman–Crippen LogP) is 4.30. The minimum absolute atomic E-state index is 0.580. The van der Waals surface area contributed by atoms with E-state index in [-0.39, 0.29) is 0 Å². The summed E-state index contributed by atoms with van der Waals surface area (Å²) in [4.78, 5) is 0. The van der Waals surface area contributed by atoms with Gasteiger partial charge in [-0.1, -0.05) is 25.4 Å². The van der Waals surface area contributed by atoms with Gasteiger partial charge in [-0.05, 0) is 38.2 Å². The molecule has 1 aliphatic rings. The van der Waals surface area contributed by atoms with Gasteiger partial charge < -0.3 is 4.57 Å². The average molecular weight is 212 g/mol. The quantitative estimate of drug-likeness (QED) is 0.703. The number of rotatable bonds is 3. The normalized spacial score (nSPS) is 18.6. The number of hydrogen-bond donors (Lipinski definition) is 0. The Morgan fingerprint density at radius 2 is 2.21 bits per heavy atom. The van der Waals surface area contributed by atoms with E-state index in [1.165, 1.54) is 24.2 Å². The second-order valence-electron chi connectivity index (χ2n) is 4.43. The molecular formula is C12H18ClN. The molecule has 2 rings (SSSR count). The molecule has 0 spiro atoms. The van der Waals surface area contributed by atoms with Gasteiger partial charge in [0, 0.05) is 17.4 Å². The molecule has 1 unspecified atom stereocenters. The molecule has 1 nitrogen and oxygen atoms in total. The Morgan fingerprint density at radius 3 is 2.71 bits per heavy atom. The second kappa shape index (κ2) is 3.62. The van der Waals surface area contributed by atoms with Gasteiger partial charge >= 0.3 is 0 Å². The highest BCUT2D eigenvalue weighted by Crippen LogP contribution is 2.42. The van der Waals surface area contributed by atoms with Gasteiger partial charge in [0.1, 0.15) is 0 Å². The molecule has 0 saturated heterocycles. The van der Waals surface area contributed by atoms with Crippen molar-refractivity contribution in [1.82, 2.24) is 4.57 Å². The summed E-state index contributed by atoms with van der Waals surface area (Å²) < 4.78 is 2.45. The topological polar surface area (TPSA) is 4.93 Å². The van der Waals surface area contributed by atoms with E-state index in [1.54, 1.807) is 0 Å². The third-order valence-electron chi connectivity index (χ3n) is 3.21. The summed E-state index contributed by atoms with van der Waals surface area (Å²) in [6.45, 7) is 6.65. The summed E-state index contributed by atoms with van der Waals surface area (Å²) in [5.74, 6) is 0.580. The molecule has 0 radical (unpaired) electrons. The lowest BCUT2D eigenvalue weighted by Gasteiger charge is -2.15. The molecule has 1 heterocycles. The van der Waals surface area contributed by atoms with Crippen LogP contribution in [0.25, 0.3) is 0 Å². The van der Waals surface area contributed by atoms with Crippen LogP contribution < -0.4 is 0 Å². The van der Waals surface area contributed by atoms with Crippen LogP contribution in [0.3, 0.4) is 0 Å². The van der Waals surface area contributed by atoms with E-state index >= 15 is 0 Å². The van der Waals surface area contributed by atoms with Crippen molar-refractivity contribution in [3.05, 3.63) is 22.5 Å². The van der Waals surface area contributed by atoms with E-state index in [2.05, 4.69) is 31.4 Å². The van der Waals surface area contributed by atoms with Gasteiger partial charge in [-0.2, -0.15) is 0 Å². The zero-order chi connectivity index (χ0) is 10.3. The van der Waals surface area contributed by atoms with Crippen LogP contribution in [-0.2, 0) is 0 Å². The first-order chi connectivity index (χ1) is 6.65. The fraction of sp³-hybridized carbons (Fsp3) is 0.667. The van der Waals surface area contributed by atoms with Crippen LogP contribution in [0.4, 0.5) is 0 Å². The number of aromatic nitrogens is 1. The number of aryl methyl sites for hydroxylation is 1. The third kappa shape index (κ3) is 1.58. The molecule has 78 valence electrons. The smallest absolute Gasteiger partial charge is 0.0620 e. The highest BCUT2D eigenvalue weighted by atomic mass is 35.5. The lowest BCUT2D eigenvalue weighted by Crippen LogP contribution is -2.05. The lowest BCUT2D eigenvalue weighted by atomic mass is 10.1. The Kier molecular flexibility index (Phi) is 2.61. The van der Waals surface area contributed by atoms with Crippen molar-refractivity contribution in [3.8, 4) is 0 Å². The number of hydrogen-bond acceptors (Lipinski definition) is 0. The van der Waals surface area contributed by atoms with Crippen molar-refractivity contribution in [1.29, 1.82) is 0 Å². The Labute approximate surface area is 91.1 Å². The predicted molar refractivity (Wildman–Crippen MR) is 61.2 cm³/mol. The maximum absolute atomic E-state index is 6.27. The summed E-state index contributed by atoms with van der Waals surface area (Å²) >= 11 is 6.27. The van der Waals surface area contributed by atoms with Crippen molar-refractivity contribution in [2.24, 2.45) is 0 Å². The van der Waals surface area contributed by atoms with Crippen LogP contribution in [0.2, 0.25) is 5.02 Å². The minimum atomic E-state index is 0.580. The SMILES string of the molecule is CCC(C)c1c(Cl)cc(C)n1C1CC1. The van der Waals surface area contributed by atoms with Crippen molar-refractivity contribution in [2.75, 3.05) is 0 Å². The van der Waals surface area contributed by atoms with Crippen LogP contribution >= 0.6 is 11.6 Å². The first kappa shape index (κ1) is 10.1. The van der Waals surface area contributed by atoms with E-state index in [9.17, 15) is 0 Å². The molecule has 1 saturated carbocycles. The molecule has 1 aromatic rings. The number of nitrogens with zero attached hydrogens (tertiary/aromatic N) is 1. The summed E-state index contributed by atoms with van der Waals surface area (Å²) in [6, 6.07) is 2.85. The zero-order valence-electron chi connectivity index (χ0n) is 9.18. The molecule has 2 heteroatoms. The van der Waals surface area contributed by atoms with Gasteiger partial charge in [0.15, 0.2) is 0 Å². The zero-order valence-corrected chi connectivity index (χ0v) is 9.93. The Hall–Kier alpha value is -0.430. The van der Waals surface area contributed by atoms with Crippen molar-refractivity contribution >= 4 is 11.6 Å². The first-order valence-corrected chi connectivity index (χ1v) is 5.90. The largest absolute Gasteiger partial charge is 0.344 e. The summed E-state index contributed by atoms with van der Waals surface area (Å²) in [5, 5.41) is 0.962. The van der Waals surface area contributed by atoms with Crippen molar-refractivity contribution < 1.29 is 0 Å². The van der Waals surface area contributed by atoms with Gasteiger partial charge in [0.25, 0.3) is 0 Å². The molecule has 14 heavy (non-hydrogen) atoms. The van der Waals surface area contributed by atoms with E-state index in [0.717, 1.165) is 17.5 Å². The summed E-state index contributed by atoms with van der Waals surface area (Å²) in [7, 11) is 0. The third-order valence-corrected chi connectivity index (χ3v) is 3.51. The van der Waals surface area contributed by atoms with Gasteiger partial charge in [-0.25, -0.2) is 0 Å². The summed E-state index contributed by atoms with van der Waals surface area (Å²) in [6.07, 6.45) is 3.82. The number of halogens is 1. The van der Waals surface area contributed by atoms with Crippen molar-refractivity contribution in [2.45, 2.75) is 52.0 Å². The fourth-order valence-electron chi connectivity index (χ4n) is 2.12. The molecule has 0 amide bonds. The monoisotopic (exact) mass is 211 g/mol. The lowest BCUT2D eigenvalue weighted by molar-refractivity contribution is 0.608. The van der Waals surface area contributed by atoms with Gasteiger partial charge in [0.2, 0.25) is 0 Å². The molecule has 1 aliphatic carbocycles. The standard InChI is InChI=1S/C12H18ClN/c1-4-8(2)12-11(13)7-9(3)14(12)10-5-6-10/h7-8,10H,4-6H2,1-3H3. The van der Waals surface area contributed by atoms with Crippen LogP contribution in [0.15, 0.2) is 6.07 Å². The molecular weight excluding hydrogens is 194 g/mol. The summed E-state index contributed by atoms with van der Waals surface area (Å²) in [5.41, 5.74) is 2.68. The Morgan fingerprint density at radius 1 is 1.57 bits per heavy atom.